The summed E-state index contributed by atoms with van der Waals surface area (Å²) in [6, 6.07) is 10.6. The molecule has 2 aromatic carbocycles. The average Bonchev–Trinajstić information content (AvgIpc) is 4.36. The number of ether oxygens (including phenoxy) is 4. The Balaban J connectivity index is 0.000000191. The van der Waals surface area contributed by atoms with Crippen LogP contribution in [0.1, 0.15) is 125 Å². The quantitative estimate of drug-likeness (QED) is 0.0540. The monoisotopic (exact) mass is 1190 g/mol. The summed E-state index contributed by atoms with van der Waals surface area (Å²) < 4.78 is 103. The van der Waals surface area contributed by atoms with Crippen LogP contribution < -0.4 is 24.6 Å². The number of carbonyl (C=O) groups excluding carboxylic acids is 2. The van der Waals surface area contributed by atoms with Gasteiger partial charge < -0.3 is 39.0 Å². The molecule has 452 valence electrons. The summed E-state index contributed by atoms with van der Waals surface area (Å²) in [5, 5.41) is 25.3. The molecule has 2 aromatic heterocycles. The van der Waals surface area contributed by atoms with Gasteiger partial charge in [-0.1, -0.05) is 12.1 Å². The number of carbonyl (C=O) groups is 2. The van der Waals surface area contributed by atoms with Gasteiger partial charge in [0.2, 0.25) is 0 Å². The van der Waals surface area contributed by atoms with Crippen LogP contribution in [0.5, 0.6) is 11.5 Å². The predicted octanol–water partition coefficient (Wildman–Crippen LogP) is 13.3. The molecule has 4 heterocycles. The number of hydrogen-bond donors (Lipinski definition) is 1. The van der Waals surface area contributed by atoms with Crippen molar-refractivity contribution in [3.05, 3.63) is 116 Å². The van der Waals surface area contributed by atoms with Crippen molar-refractivity contribution in [2.75, 3.05) is 62.2 Å². The van der Waals surface area contributed by atoms with Crippen LogP contribution in [0.4, 0.5) is 58.7 Å². The van der Waals surface area contributed by atoms with E-state index in [1.54, 1.807) is 23.5 Å². The maximum atomic E-state index is 13.3. The Labute approximate surface area is 482 Å². The van der Waals surface area contributed by atoms with Crippen LogP contribution in [0.2, 0.25) is 0 Å². The van der Waals surface area contributed by atoms with Gasteiger partial charge in [0.25, 0.3) is 11.4 Å². The number of pyridine rings is 2. The molecule has 25 heteroatoms. The fourth-order valence-corrected chi connectivity index (χ4v) is 12.0. The molecule has 10 rings (SSSR count). The summed E-state index contributed by atoms with van der Waals surface area (Å²) in [6.45, 7) is 6.25. The molecule has 2 aliphatic heterocycles. The summed E-state index contributed by atoms with van der Waals surface area (Å²) in [5.74, 6) is 1.80. The third-order valence-electron chi connectivity index (χ3n) is 16.3. The van der Waals surface area contributed by atoms with Crippen molar-refractivity contribution in [3.63, 3.8) is 0 Å². The Kier molecular flexibility index (Phi) is 21.9. The molecule has 2 saturated heterocycles. The van der Waals surface area contributed by atoms with Gasteiger partial charge in [0.15, 0.2) is 0 Å². The van der Waals surface area contributed by atoms with Crippen LogP contribution in [-0.2, 0) is 34.7 Å². The topological polar surface area (TPSA) is 205 Å². The van der Waals surface area contributed by atoms with Gasteiger partial charge >= 0.3 is 23.9 Å². The van der Waals surface area contributed by atoms with Gasteiger partial charge in [-0.2, -0.15) is 26.3 Å². The number of nitro groups is 2. The van der Waals surface area contributed by atoms with Gasteiger partial charge in [0.1, 0.15) is 34.8 Å². The number of amides is 1. The molecule has 4 saturated carbocycles. The van der Waals surface area contributed by atoms with E-state index in [9.17, 15) is 56.2 Å². The van der Waals surface area contributed by atoms with Crippen molar-refractivity contribution in [3.8, 4) is 11.5 Å². The van der Waals surface area contributed by atoms with E-state index in [4.69, 9.17) is 30.5 Å². The normalized spacial score (nSPS) is 21.7. The molecule has 4 aromatic rings. The van der Waals surface area contributed by atoms with E-state index >= 15 is 0 Å². The van der Waals surface area contributed by atoms with Crippen LogP contribution in [0.25, 0.3) is 0 Å². The SMILES string of the molecule is O=C(Cl)OC1CCCC1.O=C(OC1CCCC1)N1CCN(c2cncc(OC3CCC(Cc4ccc([N+](=O)[O-])c(C(F)(F)F)c4)CC3)c2)CC1.O=[N+]([O-])c1ccc(CC2CCC(Oc3cncc(N4CCNCC4)c3)CC2)cc1C(F)(F)F. The first kappa shape index (κ1) is 62.4. The van der Waals surface area contributed by atoms with E-state index in [0.29, 0.717) is 55.9 Å². The highest BCUT2D eigenvalue weighted by Crippen LogP contribution is 2.40. The number of piperazine rings is 2. The second kappa shape index (κ2) is 29.2. The molecule has 4 aliphatic carbocycles. The zero-order valence-corrected chi connectivity index (χ0v) is 46.9. The van der Waals surface area contributed by atoms with Crippen molar-refractivity contribution in [2.24, 2.45) is 11.8 Å². The van der Waals surface area contributed by atoms with Gasteiger partial charge in [-0.15, -0.1) is 0 Å². The lowest BCUT2D eigenvalue weighted by Gasteiger charge is -2.36. The predicted molar refractivity (Wildman–Crippen MR) is 297 cm³/mol. The molecule has 0 radical (unpaired) electrons. The molecule has 1 amide bonds. The molecule has 1 N–H and O–H groups in total. The zero-order valence-electron chi connectivity index (χ0n) is 46.1. The smallest absolute Gasteiger partial charge is 0.423 e. The minimum Gasteiger partial charge on any atom is -0.489 e. The largest absolute Gasteiger partial charge is 0.489 e. The lowest BCUT2D eigenvalue weighted by molar-refractivity contribution is -0.388. The van der Waals surface area contributed by atoms with E-state index in [1.165, 1.54) is 12.1 Å². The van der Waals surface area contributed by atoms with Crippen LogP contribution in [0.15, 0.2) is 73.3 Å². The second-order valence-corrected chi connectivity index (χ2v) is 22.5. The summed E-state index contributed by atoms with van der Waals surface area (Å²) in [6.07, 6.45) is 13.2. The zero-order chi connectivity index (χ0) is 59.1. The molecule has 6 fully saturated rings. The highest BCUT2D eigenvalue weighted by Gasteiger charge is 2.40. The van der Waals surface area contributed by atoms with Gasteiger partial charge in [-0.3, -0.25) is 30.2 Å². The number of nitrogens with one attached hydrogen (secondary N) is 1. The van der Waals surface area contributed by atoms with Gasteiger partial charge in [0.05, 0.1) is 58.2 Å². The van der Waals surface area contributed by atoms with Gasteiger partial charge in [0, 0.05) is 88.2 Å². The van der Waals surface area contributed by atoms with E-state index < -0.39 is 50.1 Å². The van der Waals surface area contributed by atoms with Crippen molar-refractivity contribution < 1.29 is 64.7 Å². The first-order chi connectivity index (χ1) is 39.7. The Morgan fingerprint density at radius 2 is 0.964 bits per heavy atom. The van der Waals surface area contributed by atoms with Crippen LogP contribution in [0, 0.1) is 32.1 Å². The Bertz CT molecular complexity index is 2790. The van der Waals surface area contributed by atoms with E-state index in [1.807, 2.05) is 18.3 Å². The molecule has 83 heavy (non-hydrogen) atoms. The first-order valence-corrected chi connectivity index (χ1v) is 29.1. The minimum atomic E-state index is -4.78. The lowest BCUT2D eigenvalue weighted by Crippen LogP contribution is -2.49. The summed E-state index contributed by atoms with van der Waals surface area (Å²) in [4.78, 5) is 57.5. The maximum absolute atomic E-state index is 13.3. The number of aromatic nitrogens is 2. The number of nitro benzene ring substituents is 2. The number of hydrogen-bond acceptors (Lipinski definition) is 15. The maximum Gasteiger partial charge on any atom is 0.423 e. The number of alkyl halides is 6. The molecular weight excluding hydrogens is 1120 g/mol. The molecular formula is C58H71ClF6N8O10. The summed E-state index contributed by atoms with van der Waals surface area (Å²) >= 11 is 5.00. The molecule has 0 unspecified atom stereocenters. The van der Waals surface area contributed by atoms with Crippen molar-refractivity contribution >= 4 is 45.9 Å². The third-order valence-corrected chi connectivity index (χ3v) is 16.4. The number of anilines is 2. The molecule has 0 bridgehead atoms. The van der Waals surface area contributed by atoms with Crippen LogP contribution in [-0.4, -0.2) is 113 Å². The van der Waals surface area contributed by atoms with Gasteiger partial charge in [-0.25, -0.2) is 9.59 Å². The van der Waals surface area contributed by atoms with Crippen LogP contribution >= 0.6 is 11.6 Å². The molecule has 0 spiro atoms. The minimum absolute atomic E-state index is 0.0203. The standard InChI is InChI=1S/C29H35F3N4O5.C23H27F3N4O3.C6H9ClO2/c30-29(31,32)26-16-21(7-10-27(26)36(38)39)15-20-5-8-24(9-6-20)40-25-17-22(18-33-19-25)34-11-13-35(14-12-34)28(37)41-23-3-1-2-4-23;24-23(25,26)21-12-17(3-6-22(21)30(31)32)11-16-1-4-19(5-2-16)33-20-13-18(14-28-15-20)29-9-7-27-8-10-29;7-6(8)9-5-3-1-2-4-5/h7,10,16-20,23-24H,1-6,8-9,11-15H2;3,6,12-16,19,27H,1-2,4-5,7-11H2;5H,1-4H2. The number of rotatable bonds is 14. The highest BCUT2D eigenvalue weighted by atomic mass is 35.5. The highest BCUT2D eigenvalue weighted by molar-refractivity contribution is 6.61. The first-order valence-electron chi connectivity index (χ1n) is 28.7. The van der Waals surface area contributed by atoms with Crippen molar-refractivity contribution in [1.82, 2.24) is 20.2 Å². The van der Waals surface area contributed by atoms with Crippen LogP contribution in [0.3, 0.4) is 0 Å². The lowest BCUT2D eigenvalue weighted by atomic mass is 9.83. The summed E-state index contributed by atoms with van der Waals surface area (Å²) in [7, 11) is 0. The fourth-order valence-electron chi connectivity index (χ4n) is 11.9. The molecule has 18 nitrogen and oxygen atoms in total. The second-order valence-electron chi connectivity index (χ2n) is 22.2. The van der Waals surface area contributed by atoms with Gasteiger partial charge in [-0.05, 0) is 151 Å². The third kappa shape index (κ3) is 18.7. The Morgan fingerprint density at radius 3 is 1.36 bits per heavy atom. The summed E-state index contributed by atoms with van der Waals surface area (Å²) in [5.41, 5.74) is -1.96. The Morgan fingerprint density at radius 1 is 0.554 bits per heavy atom. The van der Waals surface area contributed by atoms with E-state index in [0.717, 1.165) is 170 Å². The van der Waals surface area contributed by atoms with E-state index in [2.05, 4.69) is 25.1 Å². The molecule has 6 aliphatic rings. The Hall–Kier alpha value is -6.69. The number of nitrogens with zero attached hydrogens (tertiary/aromatic N) is 7. The molecule has 0 atom stereocenters. The van der Waals surface area contributed by atoms with Crippen molar-refractivity contribution in [2.45, 2.75) is 152 Å². The fraction of sp³-hybridized carbons (Fsp3) is 0.586. The van der Waals surface area contributed by atoms with Crippen molar-refractivity contribution in [1.29, 1.82) is 0 Å². The number of halogens is 7. The number of benzene rings is 2. The average molecular weight is 1190 g/mol. The van der Waals surface area contributed by atoms with E-state index in [-0.39, 0.29) is 42.3 Å².